The minimum Gasteiger partial charge on any atom is -0.338 e. The van der Waals surface area contributed by atoms with Gasteiger partial charge in [-0.15, -0.1) is 16.4 Å². The molecule has 0 aliphatic carbocycles. The van der Waals surface area contributed by atoms with Gasteiger partial charge in [0, 0.05) is 15.5 Å². The minimum absolute atomic E-state index is 0.486. The van der Waals surface area contributed by atoms with E-state index in [0.717, 1.165) is 10.4 Å². The zero-order valence-corrected chi connectivity index (χ0v) is 15.7. The Morgan fingerprint density at radius 3 is 3.00 bits per heavy atom. The molecule has 130 valence electrons. The molecule has 0 amide bonds. The zero-order chi connectivity index (χ0) is 17.8. The highest BCUT2D eigenvalue weighted by Crippen LogP contribution is 2.23. The van der Waals surface area contributed by atoms with Crippen LogP contribution in [-0.2, 0) is 5.75 Å². The molecule has 1 N–H and O–H groups in total. The Bertz CT molecular complexity index is 1030. The Morgan fingerprint density at radius 2 is 2.15 bits per heavy atom. The van der Waals surface area contributed by atoms with Crippen LogP contribution in [0.25, 0.3) is 23.5 Å². The normalized spacial score (nSPS) is 11.4. The largest absolute Gasteiger partial charge is 0.338 e. The van der Waals surface area contributed by atoms with Gasteiger partial charge < -0.3 is 4.52 Å². The van der Waals surface area contributed by atoms with E-state index in [1.807, 2.05) is 41.8 Å². The molecule has 0 atom stereocenters. The number of aromatic amines is 1. The summed E-state index contributed by atoms with van der Waals surface area (Å²) < 4.78 is 5.28. The van der Waals surface area contributed by atoms with Crippen molar-refractivity contribution in [3.63, 3.8) is 0 Å². The second-order valence-electron chi connectivity index (χ2n) is 5.16. The average molecular weight is 402 g/mol. The molecule has 4 aromatic rings. The zero-order valence-electron chi connectivity index (χ0n) is 13.3. The van der Waals surface area contributed by atoms with Crippen LogP contribution in [0.5, 0.6) is 0 Å². The predicted octanol–water partition coefficient (Wildman–Crippen LogP) is 5.03. The Hall–Kier alpha value is -2.42. The van der Waals surface area contributed by atoms with Gasteiger partial charge in [-0.05, 0) is 35.7 Å². The molecule has 0 bridgehead atoms. The van der Waals surface area contributed by atoms with Crippen LogP contribution in [-0.4, -0.2) is 25.3 Å². The molecular weight excluding hydrogens is 390 g/mol. The molecule has 4 rings (SSSR count). The van der Waals surface area contributed by atoms with Crippen LogP contribution >= 0.6 is 34.7 Å². The van der Waals surface area contributed by atoms with Gasteiger partial charge >= 0.3 is 0 Å². The lowest BCUT2D eigenvalue weighted by Gasteiger charge is -1.93. The first-order valence-electron chi connectivity index (χ1n) is 7.61. The van der Waals surface area contributed by atoms with Crippen molar-refractivity contribution in [1.29, 1.82) is 0 Å². The van der Waals surface area contributed by atoms with Crippen molar-refractivity contribution in [2.24, 2.45) is 0 Å². The Kier molecular flexibility index (Phi) is 5.14. The number of rotatable bonds is 6. The highest BCUT2D eigenvalue weighted by atomic mass is 35.5. The standard InChI is InChI=1S/C17H12ClN5OS2/c18-12-4-1-3-11(9-12)16-20-15(24-23-16)10-26-17-19-14(21-22-17)7-6-13-5-2-8-25-13/h1-9H,10H2,(H,19,21,22)/b7-6+. The maximum atomic E-state index is 5.99. The third kappa shape index (κ3) is 4.21. The van der Waals surface area contributed by atoms with Gasteiger partial charge in [-0.25, -0.2) is 4.98 Å². The molecule has 0 spiro atoms. The van der Waals surface area contributed by atoms with Crippen molar-refractivity contribution >= 4 is 46.9 Å². The number of aromatic nitrogens is 5. The molecule has 3 aromatic heterocycles. The quantitative estimate of drug-likeness (QED) is 0.456. The van der Waals surface area contributed by atoms with Crippen molar-refractivity contribution in [2.45, 2.75) is 10.9 Å². The molecular formula is C17H12ClN5OS2. The maximum absolute atomic E-state index is 5.99. The van der Waals surface area contributed by atoms with Crippen LogP contribution in [0.3, 0.4) is 0 Å². The fourth-order valence-corrected chi connectivity index (χ4v) is 3.58. The van der Waals surface area contributed by atoms with Gasteiger partial charge in [0.05, 0.1) is 5.75 Å². The summed E-state index contributed by atoms with van der Waals surface area (Å²) in [5.41, 5.74) is 0.816. The number of nitrogens with one attached hydrogen (secondary N) is 1. The van der Waals surface area contributed by atoms with Crippen LogP contribution in [0, 0.1) is 0 Å². The van der Waals surface area contributed by atoms with E-state index in [-0.39, 0.29) is 0 Å². The molecule has 0 aliphatic rings. The van der Waals surface area contributed by atoms with E-state index in [4.69, 9.17) is 16.1 Å². The second kappa shape index (κ2) is 7.86. The number of hydrogen-bond donors (Lipinski definition) is 1. The third-order valence-electron chi connectivity index (χ3n) is 3.31. The molecule has 26 heavy (non-hydrogen) atoms. The second-order valence-corrected chi connectivity index (χ2v) is 7.52. The van der Waals surface area contributed by atoms with Gasteiger partial charge in [-0.3, -0.25) is 5.10 Å². The minimum atomic E-state index is 0.486. The smallest absolute Gasteiger partial charge is 0.237 e. The number of nitrogens with zero attached hydrogens (tertiary/aromatic N) is 4. The molecule has 0 aliphatic heterocycles. The predicted molar refractivity (Wildman–Crippen MR) is 104 cm³/mol. The van der Waals surface area contributed by atoms with Crippen LogP contribution in [0.1, 0.15) is 16.6 Å². The van der Waals surface area contributed by atoms with E-state index in [0.29, 0.717) is 33.5 Å². The highest BCUT2D eigenvalue weighted by Gasteiger charge is 2.11. The fraction of sp³-hybridized carbons (Fsp3) is 0.0588. The summed E-state index contributed by atoms with van der Waals surface area (Å²) in [7, 11) is 0. The maximum Gasteiger partial charge on any atom is 0.237 e. The molecule has 0 fully saturated rings. The molecule has 0 unspecified atom stereocenters. The van der Waals surface area contributed by atoms with Crippen molar-refractivity contribution < 1.29 is 4.52 Å². The first-order chi connectivity index (χ1) is 12.8. The highest BCUT2D eigenvalue weighted by molar-refractivity contribution is 7.98. The topological polar surface area (TPSA) is 80.5 Å². The van der Waals surface area contributed by atoms with Gasteiger partial charge in [0.15, 0.2) is 0 Å². The average Bonchev–Trinajstić information content (AvgIpc) is 3.39. The molecule has 0 saturated heterocycles. The van der Waals surface area contributed by atoms with Crippen LogP contribution in [0.15, 0.2) is 51.5 Å². The fourth-order valence-electron chi connectivity index (χ4n) is 2.13. The lowest BCUT2D eigenvalue weighted by molar-refractivity contribution is 0.391. The van der Waals surface area contributed by atoms with Gasteiger partial charge in [-0.1, -0.05) is 46.7 Å². The van der Waals surface area contributed by atoms with Gasteiger partial charge in [0.1, 0.15) is 5.82 Å². The number of thioether (sulfide) groups is 1. The summed E-state index contributed by atoms with van der Waals surface area (Å²) >= 11 is 9.08. The number of benzene rings is 1. The van der Waals surface area contributed by atoms with E-state index >= 15 is 0 Å². The first kappa shape index (κ1) is 17.0. The molecule has 0 radical (unpaired) electrons. The summed E-state index contributed by atoms with van der Waals surface area (Å²) in [6, 6.07) is 11.4. The lowest BCUT2D eigenvalue weighted by Crippen LogP contribution is -1.84. The van der Waals surface area contributed by atoms with Gasteiger partial charge in [-0.2, -0.15) is 4.98 Å². The van der Waals surface area contributed by atoms with Crippen molar-refractivity contribution in [3.8, 4) is 11.4 Å². The van der Waals surface area contributed by atoms with Gasteiger partial charge in [0.2, 0.25) is 16.9 Å². The Balaban J connectivity index is 1.37. The molecule has 6 nitrogen and oxygen atoms in total. The number of thiophene rings is 1. The Morgan fingerprint density at radius 1 is 1.19 bits per heavy atom. The Labute approximate surface area is 162 Å². The molecule has 0 saturated carbocycles. The van der Waals surface area contributed by atoms with E-state index in [9.17, 15) is 0 Å². The number of halogens is 1. The number of hydrogen-bond acceptors (Lipinski definition) is 7. The van der Waals surface area contributed by atoms with Crippen molar-refractivity contribution in [2.75, 3.05) is 0 Å². The monoisotopic (exact) mass is 401 g/mol. The van der Waals surface area contributed by atoms with E-state index in [1.165, 1.54) is 11.8 Å². The van der Waals surface area contributed by atoms with Gasteiger partial charge in [0.25, 0.3) is 0 Å². The molecule has 3 heterocycles. The van der Waals surface area contributed by atoms with Crippen molar-refractivity contribution in [1.82, 2.24) is 25.3 Å². The molecule has 1 aromatic carbocycles. The lowest BCUT2D eigenvalue weighted by atomic mass is 10.2. The summed E-state index contributed by atoms with van der Waals surface area (Å²) in [5, 5.41) is 14.3. The SMILES string of the molecule is Clc1cccc(-c2noc(CSc3n[nH]c(/C=C/c4cccs4)n3)n2)c1. The summed E-state index contributed by atoms with van der Waals surface area (Å²) in [6.45, 7) is 0. The third-order valence-corrected chi connectivity index (χ3v) is 5.21. The van der Waals surface area contributed by atoms with E-state index in [2.05, 4.69) is 25.3 Å². The van der Waals surface area contributed by atoms with Crippen LogP contribution < -0.4 is 0 Å². The number of H-pyrrole nitrogens is 1. The van der Waals surface area contributed by atoms with E-state index < -0.39 is 0 Å². The summed E-state index contributed by atoms with van der Waals surface area (Å²) in [5.74, 6) is 2.20. The van der Waals surface area contributed by atoms with Crippen LogP contribution in [0.4, 0.5) is 0 Å². The molecule has 9 heteroatoms. The van der Waals surface area contributed by atoms with Crippen molar-refractivity contribution in [3.05, 3.63) is 63.4 Å². The van der Waals surface area contributed by atoms with E-state index in [1.54, 1.807) is 23.5 Å². The summed E-state index contributed by atoms with van der Waals surface area (Å²) in [4.78, 5) is 9.95. The van der Waals surface area contributed by atoms with Crippen LogP contribution in [0.2, 0.25) is 5.02 Å². The summed E-state index contributed by atoms with van der Waals surface area (Å²) in [6.07, 6.45) is 3.89. The first-order valence-corrected chi connectivity index (χ1v) is 9.86.